The van der Waals surface area contributed by atoms with Crippen LogP contribution in [-0.4, -0.2) is 20.7 Å². The van der Waals surface area contributed by atoms with E-state index in [9.17, 15) is 19.3 Å². The van der Waals surface area contributed by atoms with Crippen molar-refractivity contribution in [3.63, 3.8) is 0 Å². The number of carbonyl (C=O) groups excluding carboxylic acids is 1. The highest BCUT2D eigenvalue weighted by atomic mass is 79.9. The molecule has 23 heavy (non-hydrogen) atoms. The SMILES string of the molecule is O=C(c1cc(Cl)cc([N+](=O)[O-])c1F)c1c[nH]c2ncc(Br)cc12. The summed E-state index contributed by atoms with van der Waals surface area (Å²) in [4.78, 5) is 29.4. The number of nitrogens with one attached hydrogen (secondary N) is 1. The van der Waals surface area contributed by atoms with E-state index in [0.717, 1.165) is 12.1 Å². The van der Waals surface area contributed by atoms with Crippen molar-refractivity contribution in [1.29, 1.82) is 0 Å². The first-order valence-corrected chi connectivity index (χ1v) is 7.36. The number of nitro groups is 1. The van der Waals surface area contributed by atoms with Gasteiger partial charge < -0.3 is 4.98 Å². The van der Waals surface area contributed by atoms with Crippen LogP contribution in [0.5, 0.6) is 0 Å². The van der Waals surface area contributed by atoms with Crippen LogP contribution in [0.25, 0.3) is 11.0 Å². The van der Waals surface area contributed by atoms with Gasteiger partial charge >= 0.3 is 5.69 Å². The van der Waals surface area contributed by atoms with Crippen molar-refractivity contribution >= 4 is 50.0 Å². The van der Waals surface area contributed by atoms with Gasteiger partial charge in [0, 0.05) is 38.9 Å². The number of pyridine rings is 1. The highest BCUT2D eigenvalue weighted by molar-refractivity contribution is 9.10. The molecule has 0 aliphatic carbocycles. The van der Waals surface area contributed by atoms with Crippen molar-refractivity contribution in [2.24, 2.45) is 0 Å². The molecule has 0 aliphatic heterocycles. The van der Waals surface area contributed by atoms with Crippen molar-refractivity contribution in [3.05, 3.63) is 67.1 Å². The van der Waals surface area contributed by atoms with Gasteiger partial charge in [-0.15, -0.1) is 0 Å². The van der Waals surface area contributed by atoms with E-state index in [1.165, 1.54) is 12.4 Å². The Balaban J connectivity index is 2.20. The molecule has 116 valence electrons. The summed E-state index contributed by atoms with van der Waals surface area (Å²) in [7, 11) is 0. The lowest BCUT2D eigenvalue weighted by Gasteiger charge is -2.04. The largest absolute Gasteiger partial charge is 0.345 e. The number of hydrogen-bond acceptors (Lipinski definition) is 4. The van der Waals surface area contributed by atoms with Gasteiger partial charge in [-0.25, -0.2) is 4.98 Å². The Kier molecular flexibility index (Phi) is 3.87. The molecule has 0 atom stereocenters. The van der Waals surface area contributed by atoms with Crippen molar-refractivity contribution in [1.82, 2.24) is 9.97 Å². The highest BCUT2D eigenvalue weighted by Gasteiger charge is 2.26. The van der Waals surface area contributed by atoms with Crippen LogP contribution < -0.4 is 0 Å². The van der Waals surface area contributed by atoms with E-state index in [2.05, 4.69) is 25.9 Å². The summed E-state index contributed by atoms with van der Waals surface area (Å²) in [6.07, 6.45) is 2.91. The van der Waals surface area contributed by atoms with Crippen LogP contribution in [0.3, 0.4) is 0 Å². The molecule has 1 aromatic carbocycles. The number of benzene rings is 1. The van der Waals surface area contributed by atoms with Gasteiger partial charge in [-0.2, -0.15) is 4.39 Å². The molecule has 0 saturated heterocycles. The number of carbonyl (C=O) groups is 1. The van der Waals surface area contributed by atoms with Crippen LogP contribution in [0.2, 0.25) is 5.02 Å². The Morgan fingerprint density at radius 3 is 2.78 bits per heavy atom. The van der Waals surface area contributed by atoms with E-state index in [1.54, 1.807) is 6.07 Å². The summed E-state index contributed by atoms with van der Waals surface area (Å²) in [6, 6.07) is 3.57. The summed E-state index contributed by atoms with van der Waals surface area (Å²) in [6.45, 7) is 0. The molecule has 3 aromatic rings. The fraction of sp³-hybridized carbons (Fsp3) is 0. The third-order valence-electron chi connectivity index (χ3n) is 3.20. The van der Waals surface area contributed by atoms with Crippen molar-refractivity contribution in [2.45, 2.75) is 0 Å². The molecule has 3 rings (SSSR count). The van der Waals surface area contributed by atoms with Gasteiger partial charge in [0.2, 0.25) is 5.82 Å². The summed E-state index contributed by atoms with van der Waals surface area (Å²) in [5.74, 6) is -1.94. The molecule has 0 unspecified atom stereocenters. The number of fused-ring (bicyclic) bond motifs is 1. The molecule has 0 bridgehead atoms. The summed E-state index contributed by atoms with van der Waals surface area (Å²) >= 11 is 9.01. The molecule has 9 heteroatoms. The lowest BCUT2D eigenvalue weighted by Crippen LogP contribution is -2.06. The van der Waals surface area contributed by atoms with Gasteiger partial charge in [0.1, 0.15) is 5.65 Å². The first-order valence-electron chi connectivity index (χ1n) is 6.19. The third kappa shape index (κ3) is 2.71. The number of nitro benzene ring substituents is 1. The predicted octanol–water partition coefficient (Wildman–Crippen LogP) is 4.26. The average molecular weight is 399 g/mol. The summed E-state index contributed by atoms with van der Waals surface area (Å²) in [5, 5.41) is 11.2. The van der Waals surface area contributed by atoms with Crippen LogP contribution in [0.4, 0.5) is 10.1 Å². The van der Waals surface area contributed by atoms with Crippen molar-refractivity contribution in [3.8, 4) is 0 Å². The van der Waals surface area contributed by atoms with Gasteiger partial charge in [0.05, 0.1) is 10.5 Å². The van der Waals surface area contributed by atoms with E-state index in [-0.39, 0.29) is 10.6 Å². The molecule has 6 nitrogen and oxygen atoms in total. The standard InChI is InChI=1S/C14H6BrClFN3O3/c15-6-1-8-10(5-19-14(8)18-4-6)13(21)9-2-7(16)3-11(12(9)17)20(22)23/h1-5H,(H,18,19). The third-order valence-corrected chi connectivity index (χ3v) is 3.85. The van der Waals surface area contributed by atoms with Crippen LogP contribution >= 0.6 is 27.5 Å². The zero-order valence-corrected chi connectivity index (χ0v) is 13.5. The Bertz CT molecular complexity index is 973. The Labute approximate surface area is 141 Å². The molecule has 0 amide bonds. The number of halogens is 3. The van der Waals surface area contributed by atoms with Gasteiger partial charge in [-0.05, 0) is 28.1 Å². The Morgan fingerprint density at radius 1 is 1.35 bits per heavy atom. The van der Waals surface area contributed by atoms with Crippen molar-refractivity contribution in [2.75, 3.05) is 0 Å². The number of H-pyrrole nitrogens is 1. The fourth-order valence-electron chi connectivity index (χ4n) is 2.18. The first-order chi connectivity index (χ1) is 10.9. The number of ketones is 1. The van der Waals surface area contributed by atoms with Crippen LogP contribution in [-0.2, 0) is 0 Å². The molecule has 0 aliphatic rings. The number of hydrogen-bond donors (Lipinski definition) is 1. The molecular formula is C14H6BrClFN3O3. The second-order valence-corrected chi connectivity index (χ2v) is 5.98. The van der Waals surface area contributed by atoms with E-state index in [4.69, 9.17) is 11.6 Å². The highest BCUT2D eigenvalue weighted by Crippen LogP contribution is 2.29. The summed E-state index contributed by atoms with van der Waals surface area (Å²) in [5.41, 5.74) is -0.733. The quantitative estimate of drug-likeness (QED) is 0.406. The maximum absolute atomic E-state index is 14.3. The van der Waals surface area contributed by atoms with Crippen molar-refractivity contribution < 1.29 is 14.1 Å². The Hall–Kier alpha value is -2.32. The number of aromatic amines is 1. The topological polar surface area (TPSA) is 88.9 Å². The van der Waals surface area contributed by atoms with Crippen LogP contribution in [0.15, 0.2) is 35.1 Å². The predicted molar refractivity (Wildman–Crippen MR) is 85.3 cm³/mol. The second-order valence-electron chi connectivity index (χ2n) is 4.62. The van der Waals surface area contributed by atoms with E-state index >= 15 is 0 Å². The number of nitrogens with zero attached hydrogens (tertiary/aromatic N) is 2. The number of aromatic nitrogens is 2. The Morgan fingerprint density at radius 2 is 2.09 bits per heavy atom. The lowest BCUT2D eigenvalue weighted by atomic mass is 10.0. The molecule has 0 spiro atoms. The van der Waals surface area contributed by atoms with E-state index in [1.807, 2.05) is 0 Å². The molecule has 0 saturated carbocycles. The second kappa shape index (κ2) is 5.71. The van der Waals surface area contributed by atoms with Gasteiger partial charge in [-0.1, -0.05) is 11.6 Å². The molecular weight excluding hydrogens is 393 g/mol. The average Bonchev–Trinajstić information content (AvgIpc) is 2.91. The maximum atomic E-state index is 14.3. The first kappa shape index (κ1) is 15.6. The lowest BCUT2D eigenvalue weighted by molar-refractivity contribution is -0.387. The van der Waals surface area contributed by atoms with E-state index < -0.39 is 27.8 Å². The minimum absolute atomic E-state index is 0.0967. The molecule has 2 aromatic heterocycles. The normalized spacial score (nSPS) is 10.9. The number of rotatable bonds is 3. The molecule has 2 heterocycles. The maximum Gasteiger partial charge on any atom is 0.307 e. The minimum Gasteiger partial charge on any atom is -0.345 e. The molecule has 0 radical (unpaired) electrons. The minimum atomic E-state index is -1.22. The van der Waals surface area contributed by atoms with Gasteiger partial charge in [0.25, 0.3) is 0 Å². The van der Waals surface area contributed by atoms with Gasteiger partial charge in [-0.3, -0.25) is 14.9 Å². The smallest absolute Gasteiger partial charge is 0.307 e. The monoisotopic (exact) mass is 397 g/mol. The van der Waals surface area contributed by atoms with E-state index in [0.29, 0.717) is 15.5 Å². The van der Waals surface area contributed by atoms with Crippen LogP contribution in [0, 0.1) is 15.9 Å². The fourth-order valence-corrected chi connectivity index (χ4v) is 2.73. The zero-order chi connectivity index (χ0) is 16.7. The molecule has 1 N–H and O–H groups in total. The molecule has 0 fully saturated rings. The summed E-state index contributed by atoms with van der Waals surface area (Å²) < 4.78 is 14.9. The van der Waals surface area contributed by atoms with Gasteiger partial charge in [0.15, 0.2) is 5.78 Å². The van der Waals surface area contributed by atoms with Crippen LogP contribution in [0.1, 0.15) is 15.9 Å². The zero-order valence-electron chi connectivity index (χ0n) is 11.1.